The third-order valence-corrected chi connectivity index (χ3v) is 8.82. The summed E-state index contributed by atoms with van der Waals surface area (Å²) in [4.78, 5) is 22.5. The molecule has 0 fully saturated rings. The largest absolute Gasteiger partial charge is 0.478 e. The summed E-state index contributed by atoms with van der Waals surface area (Å²) in [7, 11) is -13.7. The molecule has 0 aliphatic heterocycles. The van der Waals surface area contributed by atoms with Crippen molar-refractivity contribution in [2.45, 2.75) is 9.79 Å². The molecule has 2 heterocycles. The maximum atomic E-state index is 12.4. The van der Waals surface area contributed by atoms with Gasteiger partial charge in [-0.05, 0) is 70.1 Å². The summed E-state index contributed by atoms with van der Waals surface area (Å²) in [5.74, 6) is -2.29. The van der Waals surface area contributed by atoms with Crippen LogP contribution in [0, 0.1) is 0 Å². The van der Waals surface area contributed by atoms with E-state index in [0.717, 1.165) is 24.3 Å². The minimum absolute atomic E-state index is 0.0378. The number of sulfone groups is 1. The lowest BCUT2D eigenvalue weighted by atomic mass is 10.2. The van der Waals surface area contributed by atoms with Crippen LogP contribution in [0.4, 0.5) is 28.7 Å². The second kappa shape index (κ2) is 15.7. The molecule has 0 atom stereocenters. The number of alkyl halides is 1. The van der Waals surface area contributed by atoms with Crippen LogP contribution in [0.5, 0.6) is 0 Å². The number of anilines is 3. The zero-order chi connectivity index (χ0) is 35.9. The summed E-state index contributed by atoms with van der Waals surface area (Å²) in [5, 5.41) is 19.6. The highest BCUT2D eigenvalue weighted by Crippen LogP contribution is 2.35. The van der Waals surface area contributed by atoms with E-state index in [0.29, 0.717) is 0 Å². The molecule has 19 nitrogen and oxygen atoms in total. The third kappa shape index (κ3) is 10.5. The fraction of sp³-hybridized carbons (Fsp3) is 0.125. The van der Waals surface area contributed by atoms with Crippen molar-refractivity contribution in [3.8, 4) is 5.95 Å². The minimum atomic E-state index is -4.83. The van der Waals surface area contributed by atoms with Crippen molar-refractivity contribution in [3.05, 3.63) is 71.8 Å². The number of nitrogens with two attached hydrogens (primary N) is 1. The lowest BCUT2D eigenvalue weighted by Gasteiger charge is -2.10. The number of nitrogen functional groups attached to an aromatic ring is 1. The Morgan fingerprint density at radius 3 is 2.27 bits per heavy atom. The number of carbonyl (C=O) groups is 1. The number of pyridine rings is 1. The van der Waals surface area contributed by atoms with Gasteiger partial charge in [-0.1, -0.05) is 0 Å². The zero-order valence-electron chi connectivity index (χ0n) is 24.0. The molecule has 0 bridgehead atoms. The summed E-state index contributed by atoms with van der Waals surface area (Å²) in [5.41, 5.74) is 5.17. The highest BCUT2D eigenvalue weighted by molar-refractivity contribution is 7.91. The number of nitrogens with zero attached hydrogens (tertiary/aromatic N) is 6. The second-order valence-corrected chi connectivity index (χ2v) is 13.7. The first-order valence-electron chi connectivity index (χ1n) is 12.5. The summed E-state index contributed by atoms with van der Waals surface area (Å²) in [6.45, 7) is -0.826. The number of nitrogens with one attached hydrogen (secondary N) is 1. The van der Waals surface area contributed by atoms with Gasteiger partial charge in [-0.2, -0.15) is 26.9 Å². The number of carboxylic acid groups (broad SMARTS) is 1. The van der Waals surface area contributed by atoms with Crippen molar-refractivity contribution in [2.24, 2.45) is 10.2 Å². The number of benzene rings is 2. The molecular formula is C24H23Cl2N8O11S3+. The van der Waals surface area contributed by atoms with Crippen molar-refractivity contribution < 1.29 is 53.0 Å². The minimum Gasteiger partial charge on any atom is -0.478 e. The fourth-order valence-corrected chi connectivity index (χ4v) is 5.81. The van der Waals surface area contributed by atoms with E-state index in [-0.39, 0.29) is 44.7 Å². The van der Waals surface area contributed by atoms with Crippen LogP contribution >= 0.6 is 23.2 Å². The maximum absolute atomic E-state index is 12.4. The number of halogens is 2. The normalized spacial score (nSPS) is 11.9. The smallest absolute Gasteiger partial charge is 0.444 e. The van der Waals surface area contributed by atoms with Gasteiger partial charge in [-0.25, -0.2) is 22.0 Å². The molecule has 4 aromatic rings. The van der Waals surface area contributed by atoms with E-state index in [2.05, 4.69) is 46.3 Å². The van der Waals surface area contributed by atoms with E-state index in [1.807, 2.05) is 0 Å². The van der Waals surface area contributed by atoms with E-state index in [1.165, 1.54) is 47.6 Å². The van der Waals surface area contributed by atoms with E-state index < -0.39 is 59.3 Å². The van der Waals surface area contributed by atoms with Crippen molar-refractivity contribution in [3.63, 3.8) is 0 Å². The Hall–Kier alpha value is -4.42. The number of azo groups is 1. The second-order valence-electron chi connectivity index (χ2n) is 8.80. The van der Waals surface area contributed by atoms with Crippen LogP contribution < -0.4 is 15.6 Å². The van der Waals surface area contributed by atoms with E-state index in [1.54, 1.807) is 0 Å². The summed E-state index contributed by atoms with van der Waals surface area (Å²) in [6, 6.07) is 9.47. The van der Waals surface area contributed by atoms with Crippen molar-refractivity contribution in [1.82, 2.24) is 15.0 Å². The molecule has 0 spiro atoms. The summed E-state index contributed by atoms with van der Waals surface area (Å²) < 4.78 is 93.4. The van der Waals surface area contributed by atoms with E-state index in [9.17, 15) is 39.7 Å². The average molecular weight is 767 g/mol. The first kappa shape index (κ1) is 38.0. The molecule has 0 saturated carbocycles. The van der Waals surface area contributed by atoms with Crippen LogP contribution in [-0.4, -0.2) is 79.1 Å². The van der Waals surface area contributed by atoms with Crippen LogP contribution in [0.3, 0.4) is 0 Å². The average Bonchev–Trinajstić information content (AvgIpc) is 3.00. The van der Waals surface area contributed by atoms with Gasteiger partial charge >= 0.3 is 33.5 Å². The number of aromatic nitrogens is 4. The Kier molecular flexibility index (Phi) is 12.4. The molecule has 0 aliphatic carbocycles. The molecule has 2 aromatic heterocycles. The quantitative estimate of drug-likeness (QED) is 0.0455. The molecule has 0 amide bonds. The summed E-state index contributed by atoms with van der Waals surface area (Å²) >= 11 is 10.7. The lowest BCUT2D eigenvalue weighted by molar-refractivity contribution is -0.603. The van der Waals surface area contributed by atoms with Gasteiger partial charge in [0, 0.05) is 6.38 Å². The first-order chi connectivity index (χ1) is 22.4. The Labute approximate surface area is 282 Å². The first-order valence-corrected chi connectivity index (χ1v) is 18.1. The monoisotopic (exact) mass is 765 g/mol. The Balaban J connectivity index is 0.00000307. The standard InChI is InChI=1S/C23H19ClN8O11S3.CH3Cl/c24-21-27-22(29-23(28-21)32-7-1-2-13(12-32)20(33)34)26-17-10-16(25)19(45(37,38)39)11-18(17)31-30-14-3-5-15(6-4-14)44(35,36)9-8-43-46(40,41)42;1-2/h1-7,10-12H,8-9H2,(H5-,25,26,27,28,29,30,33,34,37,38,39,40,41,42);1H3/p+1. The number of hydrogen-bond acceptors (Lipinski definition) is 15. The van der Waals surface area contributed by atoms with Crippen molar-refractivity contribution in [1.29, 1.82) is 0 Å². The molecule has 0 saturated heterocycles. The van der Waals surface area contributed by atoms with Crippen LogP contribution in [0.25, 0.3) is 5.95 Å². The molecule has 48 heavy (non-hydrogen) atoms. The van der Waals surface area contributed by atoms with Gasteiger partial charge in [-0.3, -0.25) is 9.11 Å². The molecule has 4 rings (SSSR count). The SMILES string of the molecule is CCl.Nc1cc(Nc2nc(Cl)nc(-[n+]3cccc(C(=O)O)c3)n2)c(N=Nc2ccc(S(=O)(=O)CCOS(=O)(=O)O)cc2)cc1S(=O)(=O)O. The molecule has 0 aliphatic rings. The molecule has 0 unspecified atom stereocenters. The maximum Gasteiger partial charge on any atom is 0.444 e. The topological polar surface area (TPSA) is 295 Å². The molecule has 6 N–H and O–H groups in total. The Morgan fingerprint density at radius 2 is 1.67 bits per heavy atom. The Morgan fingerprint density at radius 1 is 1.00 bits per heavy atom. The zero-order valence-corrected chi connectivity index (χ0v) is 28.0. The van der Waals surface area contributed by atoms with Gasteiger partial charge in [0.25, 0.3) is 10.1 Å². The number of carboxylic acids is 1. The molecule has 0 radical (unpaired) electrons. The van der Waals surface area contributed by atoms with Gasteiger partial charge in [0.1, 0.15) is 10.6 Å². The summed E-state index contributed by atoms with van der Waals surface area (Å²) in [6.07, 6.45) is 4.14. The van der Waals surface area contributed by atoms with Gasteiger partial charge in [0.2, 0.25) is 0 Å². The van der Waals surface area contributed by atoms with E-state index in [4.69, 9.17) is 21.9 Å². The fourth-order valence-electron chi connectivity index (χ4n) is 3.55. The van der Waals surface area contributed by atoms with Crippen molar-refractivity contribution >= 4 is 88.2 Å². The molecule has 24 heteroatoms. The number of rotatable bonds is 12. The number of aromatic carboxylic acids is 1. The predicted octanol–water partition coefficient (Wildman–Crippen LogP) is 2.94. The highest BCUT2D eigenvalue weighted by Gasteiger charge is 2.22. The lowest BCUT2D eigenvalue weighted by Crippen LogP contribution is -2.34. The van der Waals surface area contributed by atoms with Gasteiger partial charge < -0.3 is 16.2 Å². The van der Waals surface area contributed by atoms with Crippen LogP contribution in [0.1, 0.15) is 10.4 Å². The molecular weight excluding hydrogens is 743 g/mol. The molecule has 256 valence electrons. The van der Waals surface area contributed by atoms with Crippen molar-refractivity contribution in [2.75, 3.05) is 29.8 Å². The van der Waals surface area contributed by atoms with Crippen LogP contribution in [0.15, 0.2) is 80.9 Å². The predicted molar refractivity (Wildman–Crippen MR) is 169 cm³/mol. The van der Waals surface area contributed by atoms with Gasteiger partial charge in [0.05, 0.1) is 52.3 Å². The number of hydrogen-bond donors (Lipinski definition) is 5. The Bertz CT molecular complexity index is 2190. The van der Waals surface area contributed by atoms with E-state index >= 15 is 0 Å². The highest BCUT2D eigenvalue weighted by atomic mass is 35.5. The third-order valence-electron chi connectivity index (χ3n) is 5.58. The van der Waals surface area contributed by atoms with Gasteiger partial charge in [0.15, 0.2) is 9.84 Å². The van der Waals surface area contributed by atoms with Crippen LogP contribution in [-0.2, 0) is 34.5 Å². The van der Waals surface area contributed by atoms with Crippen LogP contribution in [0.2, 0.25) is 5.28 Å². The van der Waals surface area contributed by atoms with Gasteiger partial charge in [-0.15, -0.1) is 16.7 Å². The molecule has 2 aromatic carbocycles.